The molecule has 0 aliphatic carbocycles. The summed E-state index contributed by atoms with van der Waals surface area (Å²) in [5, 5.41) is 3.73. The lowest BCUT2D eigenvalue weighted by atomic mass is 10.1. The van der Waals surface area contributed by atoms with E-state index < -0.39 is 0 Å². The number of carbonyl (C=O) groups is 1. The molecule has 0 aliphatic heterocycles. The smallest absolute Gasteiger partial charge is 0.234 e. The summed E-state index contributed by atoms with van der Waals surface area (Å²) >= 11 is 1.38. The van der Waals surface area contributed by atoms with Crippen LogP contribution < -0.4 is 10.1 Å². The number of hydrogen-bond donors (Lipinski definition) is 2. The van der Waals surface area contributed by atoms with E-state index in [0.29, 0.717) is 10.9 Å². The highest BCUT2D eigenvalue weighted by molar-refractivity contribution is 7.99. The highest BCUT2D eigenvalue weighted by atomic mass is 32.2. The number of rotatable bonds is 6. The third-order valence-electron chi connectivity index (χ3n) is 4.23. The molecule has 0 bridgehead atoms. The Morgan fingerprint density at radius 1 is 1.15 bits per heavy atom. The molecule has 0 spiro atoms. The van der Waals surface area contributed by atoms with Crippen molar-refractivity contribution in [2.24, 2.45) is 0 Å². The van der Waals surface area contributed by atoms with E-state index in [1.54, 1.807) is 13.3 Å². The predicted octanol–water partition coefficient (Wildman–Crippen LogP) is 4.74. The van der Waals surface area contributed by atoms with Crippen LogP contribution in [0.15, 0.2) is 47.8 Å². The van der Waals surface area contributed by atoms with Crippen molar-refractivity contribution in [2.75, 3.05) is 18.2 Å². The molecule has 27 heavy (non-hydrogen) atoms. The first-order chi connectivity index (χ1) is 13.0. The monoisotopic (exact) mass is 381 g/mol. The summed E-state index contributed by atoms with van der Waals surface area (Å²) < 4.78 is 5.17. The molecule has 6 heteroatoms. The molecule has 0 radical (unpaired) electrons. The summed E-state index contributed by atoms with van der Waals surface area (Å²) in [5.74, 6) is 1.06. The van der Waals surface area contributed by atoms with E-state index in [4.69, 9.17) is 4.74 Å². The number of imidazole rings is 1. The maximum Gasteiger partial charge on any atom is 0.234 e. The second-order valence-corrected chi connectivity index (χ2v) is 7.41. The fourth-order valence-electron chi connectivity index (χ4n) is 2.98. The minimum atomic E-state index is -0.0440. The van der Waals surface area contributed by atoms with Gasteiger partial charge in [-0.3, -0.25) is 4.79 Å². The number of ether oxygens (including phenoxy) is 1. The van der Waals surface area contributed by atoms with Crippen LogP contribution in [0.3, 0.4) is 0 Å². The van der Waals surface area contributed by atoms with Gasteiger partial charge in [-0.1, -0.05) is 29.5 Å². The number of aryl methyl sites for hydroxylation is 3. The highest BCUT2D eigenvalue weighted by Crippen LogP contribution is 2.25. The lowest BCUT2D eigenvalue weighted by Gasteiger charge is -2.12. The molecule has 0 fully saturated rings. The van der Waals surface area contributed by atoms with Crippen molar-refractivity contribution >= 4 is 23.4 Å². The number of benzene rings is 2. The second-order valence-electron chi connectivity index (χ2n) is 6.44. The number of nitrogens with zero attached hydrogens (tertiary/aromatic N) is 1. The number of aromatic amines is 1. The lowest BCUT2D eigenvalue weighted by Crippen LogP contribution is -2.16. The molecule has 5 nitrogen and oxygen atoms in total. The second kappa shape index (κ2) is 8.31. The zero-order chi connectivity index (χ0) is 19.4. The van der Waals surface area contributed by atoms with Crippen molar-refractivity contribution in [1.29, 1.82) is 0 Å². The Morgan fingerprint density at radius 3 is 2.44 bits per heavy atom. The van der Waals surface area contributed by atoms with Gasteiger partial charge < -0.3 is 15.0 Å². The van der Waals surface area contributed by atoms with Gasteiger partial charge in [-0.15, -0.1) is 0 Å². The van der Waals surface area contributed by atoms with Crippen LogP contribution in [0.4, 0.5) is 5.69 Å². The quantitative estimate of drug-likeness (QED) is 0.605. The molecule has 0 aliphatic rings. The molecular formula is C21H23N3O2S. The first-order valence-electron chi connectivity index (χ1n) is 8.66. The minimum absolute atomic E-state index is 0.0440. The molecule has 2 N–H and O–H groups in total. The van der Waals surface area contributed by atoms with Crippen molar-refractivity contribution in [3.8, 4) is 17.0 Å². The number of amides is 1. The topological polar surface area (TPSA) is 67.0 Å². The van der Waals surface area contributed by atoms with Gasteiger partial charge in [-0.05, 0) is 61.7 Å². The van der Waals surface area contributed by atoms with E-state index >= 15 is 0 Å². The van der Waals surface area contributed by atoms with Crippen LogP contribution in [0, 0.1) is 20.8 Å². The first-order valence-corrected chi connectivity index (χ1v) is 9.64. The molecule has 140 valence electrons. The number of hydrogen-bond acceptors (Lipinski definition) is 4. The number of nitrogens with one attached hydrogen (secondary N) is 2. The van der Waals surface area contributed by atoms with Gasteiger partial charge in [-0.2, -0.15) is 0 Å². The van der Waals surface area contributed by atoms with Crippen LogP contribution in [0.2, 0.25) is 0 Å². The van der Waals surface area contributed by atoms with Crippen LogP contribution in [-0.2, 0) is 4.79 Å². The Morgan fingerprint density at radius 2 is 1.81 bits per heavy atom. The fourth-order valence-corrected chi connectivity index (χ4v) is 3.63. The van der Waals surface area contributed by atoms with Crippen molar-refractivity contribution in [3.63, 3.8) is 0 Å². The predicted molar refractivity (Wildman–Crippen MR) is 111 cm³/mol. The normalized spacial score (nSPS) is 10.7. The first kappa shape index (κ1) is 19.0. The van der Waals surface area contributed by atoms with Crippen molar-refractivity contribution < 1.29 is 9.53 Å². The molecule has 3 rings (SSSR count). The van der Waals surface area contributed by atoms with Gasteiger partial charge in [0.1, 0.15) is 5.75 Å². The molecule has 0 saturated heterocycles. The largest absolute Gasteiger partial charge is 0.497 e. The molecule has 1 aromatic heterocycles. The third kappa shape index (κ3) is 4.71. The molecule has 3 aromatic rings. The van der Waals surface area contributed by atoms with Gasteiger partial charge in [0.05, 0.1) is 24.8 Å². The van der Waals surface area contributed by atoms with Crippen LogP contribution in [-0.4, -0.2) is 28.7 Å². The van der Waals surface area contributed by atoms with E-state index in [2.05, 4.69) is 34.3 Å². The molecule has 1 amide bonds. The molecule has 2 aromatic carbocycles. The van der Waals surface area contributed by atoms with Gasteiger partial charge in [0.25, 0.3) is 0 Å². The Labute approximate surface area is 163 Å². The number of H-pyrrole nitrogens is 1. The van der Waals surface area contributed by atoms with Crippen LogP contribution >= 0.6 is 11.8 Å². The Balaban J connectivity index is 1.60. The summed E-state index contributed by atoms with van der Waals surface area (Å²) in [6, 6.07) is 11.9. The molecule has 0 unspecified atom stereocenters. The van der Waals surface area contributed by atoms with Gasteiger partial charge in [0.15, 0.2) is 5.16 Å². The summed E-state index contributed by atoms with van der Waals surface area (Å²) in [6.45, 7) is 6.07. The average molecular weight is 382 g/mol. The van der Waals surface area contributed by atoms with Crippen LogP contribution in [0.5, 0.6) is 5.75 Å². The maximum absolute atomic E-state index is 12.3. The van der Waals surface area contributed by atoms with Gasteiger partial charge in [0, 0.05) is 5.69 Å². The Kier molecular flexibility index (Phi) is 5.86. The van der Waals surface area contributed by atoms with E-state index in [1.807, 2.05) is 38.1 Å². The van der Waals surface area contributed by atoms with Crippen LogP contribution in [0.1, 0.15) is 16.7 Å². The highest BCUT2D eigenvalue weighted by Gasteiger charge is 2.11. The number of methoxy groups -OCH3 is 1. The Bertz CT molecular complexity index is 925. The minimum Gasteiger partial charge on any atom is -0.497 e. The summed E-state index contributed by atoms with van der Waals surface area (Å²) in [7, 11) is 1.64. The van der Waals surface area contributed by atoms with Gasteiger partial charge in [-0.25, -0.2) is 4.98 Å². The van der Waals surface area contributed by atoms with Crippen molar-refractivity contribution in [2.45, 2.75) is 25.9 Å². The van der Waals surface area contributed by atoms with Crippen molar-refractivity contribution in [3.05, 3.63) is 59.3 Å². The standard InChI is InChI=1S/C21H23N3O2S/c1-13-9-14(2)20(15(3)10-13)24-19(25)12-27-21-22-11-18(23-21)16-5-7-17(26-4)8-6-16/h5-11H,12H2,1-4H3,(H,22,23)(H,24,25). The van der Waals surface area contributed by atoms with Gasteiger partial charge >= 0.3 is 0 Å². The molecular weight excluding hydrogens is 358 g/mol. The van der Waals surface area contributed by atoms with Gasteiger partial charge in [0.2, 0.25) is 5.91 Å². The van der Waals surface area contributed by atoms with Crippen molar-refractivity contribution in [1.82, 2.24) is 9.97 Å². The fraction of sp³-hybridized carbons (Fsp3) is 0.238. The summed E-state index contributed by atoms with van der Waals surface area (Å²) in [6.07, 6.45) is 1.77. The number of anilines is 1. The average Bonchev–Trinajstić information content (AvgIpc) is 3.12. The zero-order valence-electron chi connectivity index (χ0n) is 15.9. The van der Waals surface area contributed by atoms with E-state index in [1.165, 1.54) is 17.3 Å². The molecule has 1 heterocycles. The maximum atomic E-state index is 12.3. The van der Waals surface area contributed by atoms with Crippen LogP contribution in [0.25, 0.3) is 11.3 Å². The lowest BCUT2D eigenvalue weighted by molar-refractivity contribution is -0.113. The van der Waals surface area contributed by atoms with E-state index in [9.17, 15) is 4.79 Å². The third-order valence-corrected chi connectivity index (χ3v) is 5.12. The summed E-state index contributed by atoms with van der Waals surface area (Å²) in [5.41, 5.74) is 6.16. The molecule has 0 atom stereocenters. The number of aromatic nitrogens is 2. The number of thioether (sulfide) groups is 1. The SMILES string of the molecule is COc1ccc(-c2cnc(SCC(=O)Nc3c(C)cc(C)cc3C)[nH]2)cc1. The molecule has 0 saturated carbocycles. The zero-order valence-corrected chi connectivity index (χ0v) is 16.7. The van der Waals surface area contributed by atoms with E-state index in [0.717, 1.165) is 33.8 Å². The number of carbonyl (C=O) groups excluding carboxylic acids is 1. The van der Waals surface area contributed by atoms with E-state index in [-0.39, 0.29) is 5.91 Å². The Hall–Kier alpha value is -2.73. The summed E-state index contributed by atoms with van der Waals surface area (Å²) in [4.78, 5) is 19.9.